The summed E-state index contributed by atoms with van der Waals surface area (Å²) in [7, 11) is 4.32. The topological polar surface area (TPSA) is 46.8 Å². The summed E-state index contributed by atoms with van der Waals surface area (Å²) in [6, 6.07) is 8.41. The highest BCUT2D eigenvalue weighted by Gasteiger charge is 2.45. The number of hydrogen-bond donors (Lipinski definition) is 0. The van der Waals surface area contributed by atoms with E-state index in [-0.39, 0.29) is 5.54 Å². The summed E-state index contributed by atoms with van der Waals surface area (Å²) in [5.74, 6) is 1.72. The third-order valence-electron chi connectivity index (χ3n) is 6.06. The van der Waals surface area contributed by atoms with Gasteiger partial charge in [-0.3, -0.25) is 4.90 Å². The van der Waals surface area contributed by atoms with Crippen LogP contribution in [0.15, 0.2) is 24.3 Å². The lowest BCUT2D eigenvalue weighted by Gasteiger charge is -2.46. The fourth-order valence-corrected chi connectivity index (χ4v) is 4.17. The summed E-state index contributed by atoms with van der Waals surface area (Å²) in [4.78, 5) is 2.32. The molecule has 25 heavy (non-hydrogen) atoms. The maximum atomic E-state index is 4.48. The molecule has 1 heterocycles. The highest BCUT2D eigenvalue weighted by Crippen LogP contribution is 2.47. The second kappa shape index (κ2) is 6.52. The van der Waals surface area contributed by atoms with Gasteiger partial charge in [0.25, 0.3) is 0 Å². The second-order valence-corrected chi connectivity index (χ2v) is 8.82. The molecule has 2 aromatic rings. The van der Waals surface area contributed by atoms with Gasteiger partial charge in [-0.15, -0.1) is 5.10 Å². The first-order chi connectivity index (χ1) is 11.7. The van der Waals surface area contributed by atoms with Crippen LogP contribution in [0.5, 0.6) is 0 Å². The molecule has 1 aliphatic carbocycles. The zero-order valence-electron chi connectivity index (χ0n) is 16.5. The molecule has 3 rings (SSSR count). The standard InChI is InChI=1S/C20H31N5/c1-15-7-9-17(10-8-15)25-18(21-22-23-25)20(24(5)6)13-11-16(12-14-20)19(2,3)4/h7-10,16H,11-14H2,1-6H3. The van der Waals surface area contributed by atoms with Crippen molar-refractivity contribution >= 4 is 0 Å². The van der Waals surface area contributed by atoms with E-state index in [1.807, 2.05) is 4.68 Å². The minimum Gasteiger partial charge on any atom is -0.297 e. The maximum absolute atomic E-state index is 4.48. The van der Waals surface area contributed by atoms with Crippen LogP contribution in [0.25, 0.3) is 5.69 Å². The highest BCUT2D eigenvalue weighted by molar-refractivity contribution is 5.35. The summed E-state index contributed by atoms with van der Waals surface area (Å²) < 4.78 is 1.93. The van der Waals surface area contributed by atoms with E-state index in [1.54, 1.807) is 0 Å². The van der Waals surface area contributed by atoms with Crippen LogP contribution < -0.4 is 0 Å². The third-order valence-corrected chi connectivity index (χ3v) is 6.06. The summed E-state index contributed by atoms with van der Waals surface area (Å²) in [5.41, 5.74) is 2.54. The summed E-state index contributed by atoms with van der Waals surface area (Å²) in [6.45, 7) is 9.17. The van der Waals surface area contributed by atoms with Gasteiger partial charge in [-0.25, -0.2) is 0 Å². The molecule has 1 aromatic heterocycles. The van der Waals surface area contributed by atoms with Crippen molar-refractivity contribution in [3.8, 4) is 5.69 Å². The van der Waals surface area contributed by atoms with E-state index in [9.17, 15) is 0 Å². The Morgan fingerprint density at radius 3 is 2.20 bits per heavy atom. The van der Waals surface area contributed by atoms with Crippen molar-refractivity contribution in [2.45, 2.75) is 58.9 Å². The van der Waals surface area contributed by atoms with Crippen LogP contribution in [0.1, 0.15) is 57.8 Å². The molecule has 0 bridgehead atoms. The Labute approximate surface area is 151 Å². The first-order valence-corrected chi connectivity index (χ1v) is 9.27. The fourth-order valence-electron chi connectivity index (χ4n) is 4.17. The molecule has 0 unspecified atom stereocenters. The van der Waals surface area contributed by atoms with Gasteiger partial charge in [0.05, 0.1) is 11.2 Å². The van der Waals surface area contributed by atoms with E-state index < -0.39 is 0 Å². The SMILES string of the molecule is Cc1ccc(-n2nnnc2C2(N(C)C)CCC(C(C)(C)C)CC2)cc1. The maximum Gasteiger partial charge on any atom is 0.176 e. The molecule has 0 amide bonds. The number of benzene rings is 1. The Bertz CT molecular complexity index is 700. The summed E-state index contributed by atoms with van der Waals surface area (Å²) in [5, 5.41) is 12.8. The lowest BCUT2D eigenvalue weighted by atomic mass is 9.66. The summed E-state index contributed by atoms with van der Waals surface area (Å²) in [6.07, 6.45) is 4.60. The third kappa shape index (κ3) is 3.34. The number of nitrogens with zero attached hydrogens (tertiary/aromatic N) is 5. The van der Waals surface area contributed by atoms with Crippen molar-refractivity contribution in [2.75, 3.05) is 14.1 Å². The van der Waals surface area contributed by atoms with Crippen LogP contribution in [0.4, 0.5) is 0 Å². The van der Waals surface area contributed by atoms with Crippen molar-refractivity contribution in [3.63, 3.8) is 0 Å². The van der Waals surface area contributed by atoms with Crippen molar-refractivity contribution in [3.05, 3.63) is 35.7 Å². The normalized spacial score (nSPS) is 24.7. The number of aromatic nitrogens is 4. The van der Waals surface area contributed by atoms with Gasteiger partial charge >= 0.3 is 0 Å². The number of aryl methyl sites for hydroxylation is 1. The molecule has 1 fully saturated rings. The van der Waals surface area contributed by atoms with Gasteiger partial charge in [-0.2, -0.15) is 4.68 Å². The molecule has 1 saturated carbocycles. The molecule has 0 atom stereocenters. The Balaban J connectivity index is 1.96. The van der Waals surface area contributed by atoms with Gasteiger partial charge in [-0.05, 0) is 80.6 Å². The molecule has 1 aliphatic rings. The van der Waals surface area contributed by atoms with Gasteiger partial charge in [0, 0.05) is 0 Å². The molecule has 5 nitrogen and oxygen atoms in total. The van der Waals surface area contributed by atoms with Crippen LogP contribution in [0.3, 0.4) is 0 Å². The number of hydrogen-bond acceptors (Lipinski definition) is 4. The van der Waals surface area contributed by atoms with Gasteiger partial charge in [-0.1, -0.05) is 38.5 Å². The molecule has 5 heteroatoms. The molecule has 0 N–H and O–H groups in total. The predicted molar refractivity (Wildman–Crippen MR) is 101 cm³/mol. The second-order valence-electron chi connectivity index (χ2n) is 8.82. The molecular weight excluding hydrogens is 310 g/mol. The molecule has 0 spiro atoms. The average molecular weight is 342 g/mol. The van der Waals surface area contributed by atoms with Gasteiger partial charge in [0.2, 0.25) is 0 Å². The van der Waals surface area contributed by atoms with E-state index in [0.29, 0.717) is 5.41 Å². The zero-order chi connectivity index (χ0) is 18.2. The van der Waals surface area contributed by atoms with E-state index in [4.69, 9.17) is 0 Å². The average Bonchev–Trinajstić information content (AvgIpc) is 3.04. The van der Waals surface area contributed by atoms with E-state index >= 15 is 0 Å². The van der Waals surface area contributed by atoms with Crippen LogP contribution in [-0.4, -0.2) is 39.2 Å². The van der Waals surface area contributed by atoms with E-state index in [1.165, 1.54) is 18.4 Å². The van der Waals surface area contributed by atoms with E-state index in [2.05, 4.69) is 86.5 Å². The molecule has 1 aromatic carbocycles. The summed E-state index contributed by atoms with van der Waals surface area (Å²) >= 11 is 0. The Kier molecular flexibility index (Phi) is 4.71. The lowest BCUT2D eigenvalue weighted by molar-refractivity contribution is 0.0372. The quantitative estimate of drug-likeness (QED) is 0.848. The van der Waals surface area contributed by atoms with Crippen LogP contribution in [0, 0.1) is 18.3 Å². The number of rotatable bonds is 3. The molecule has 0 saturated heterocycles. The van der Waals surface area contributed by atoms with Crippen molar-refractivity contribution in [1.82, 2.24) is 25.1 Å². The van der Waals surface area contributed by atoms with E-state index in [0.717, 1.165) is 30.3 Å². The number of tetrazole rings is 1. The Morgan fingerprint density at radius 1 is 1.08 bits per heavy atom. The molecule has 0 radical (unpaired) electrons. The van der Waals surface area contributed by atoms with Gasteiger partial charge < -0.3 is 0 Å². The van der Waals surface area contributed by atoms with Gasteiger partial charge in [0.15, 0.2) is 5.82 Å². The Hall–Kier alpha value is -1.75. The van der Waals surface area contributed by atoms with Gasteiger partial charge in [0.1, 0.15) is 0 Å². The fraction of sp³-hybridized carbons (Fsp3) is 0.650. The first-order valence-electron chi connectivity index (χ1n) is 9.27. The van der Waals surface area contributed by atoms with Crippen LogP contribution in [-0.2, 0) is 5.54 Å². The molecule has 136 valence electrons. The Morgan fingerprint density at radius 2 is 1.68 bits per heavy atom. The minimum absolute atomic E-state index is 0.101. The molecule has 0 aliphatic heterocycles. The zero-order valence-corrected chi connectivity index (χ0v) is 16.5. The predicted octanol–water partition coefficient (Wildman–Crippen LogP) is 3.96. The van der Waals surface area contributed by atoms with Crippen LogP contribution >= 0.6 is 0 Å². The van der Waals surface area contributed by atoms with Crippen molar-refractivity contribution < 1.29 is 0 Å². The van der Waals surface area contributed by atoms with Crippen molar-refractivity contribution in [1.29, 1.82) is 0 Å². The minimum atomic E-state index is -0.101. The first kappa shape index (κ1) is 18.1. The van der Waals surface area contributed by atoms with Crippen LogP contribution in [0.2, 0.25) is 0 Å². The highest BCUT2D eigenvalue weighted by atomic mass is 15.6. The smallest absolute Gasteiger partial charge is 0.176 e. The largest absolute Gasteiger partial charge is 0.297 e. The van der Waals surface area contributed by atoms with Crippen molar-refractivity contribution in [2.24, 2.45) is 11.3 Å². The monoisotopic (exact) mass is 341 g/mol. The lowest BCUT2D eigenvalue weighted by Crippen LogP contribution is -2.47. The molecular formula is C20H31N5.